The van der Waals surface area contributed by atoms with Crippen LogP contribution >= 0.6 is 0 Å². The van der Waals surface area contributed by atoms with Crippen molar-refractivity contribution in [3.05, 3.63) is 29.8 Å². The highest BCUT2D eigenvalue weighted by atomic mass is 16.5. The van der Waals surface area contributed by atoms with E-state index in [1.165, 1.54) is 0 Å². The van der Waals surface area contributed by atoms with Gasteiger partial charge in [0.1, 0.15) is 0 Å². The highest BCUT2D eigenvalue weighted by Crippen LogP contribution is 2.19. The standard InChI is InChI=1S/C15H23NO4/c1-12(13-5-3-6-14(16)11-13)15(17)20-8-4-7-19-10-9-18-2/h3,5-6,11-12H,4,7-10,16H2,1-2H3. The van der Waals surface area contributed by atoms with Gasteiger partial charge in [0, 0.05) is 25.8 Å². The third-order valence-corrected chi connectivity index (χ3v) is 2.87. The molecule has 0 amide bonds. The summed E-state index contributed by atoms with van der Waals surface area (Å²) in [6, 6.07) is 7.28. The van der Waals surface area contributed by atoms with Crippen molar-refractivity contribution in [1.82, 2.24) is 0 Å². The number of nitrogens with two attached hydrogens (primary N) is 1. The zero-order valence-corrected chi connectivity index (χ0v) is 12.1. The van der Waals surface area contributed by atoms with Gasteiger partial charge in [-0.1, -0.05) is 12.1 Å². The second-order valence-corrected chi connectivity index (χ2v) is 4.52. The number of methoxy groups -OCH3 is 1. The first-order valence-electron chi connectivity index (χ1n) is 6.74. The van der Waals surface area contributed by atoms with Gasteiger partial charge in [-0.15, -0.1) is 0 Å². The third-order valence-electron chi connectivity index (χ3n) is 2.87. The van der Waals surface area contributed by atoms with Crippen LogP contribution in [0.3, 0.4) is 0 Å². The fourth-order valence-electron chi connectivity index (χ4n) is 1.67. The van der Waals surface area contributed by atoms with Crippen molar-refractivity contribution in [2.24, 2.45) is 0 Å². The van der Waals surface area contributed by atoms with Crippen LogP contribution in [0, 0.1) is 0 Å². The predicted octanol–water partition coefficient (Wildman–Crippen LogP) is 1.97. The molecule has 0 heterocycles. The molecule has 0 fully saturated rings. The van der Waals surface area contributed by atoms with Gasteiger partial charge < -0.3 is 19.9 Å². The highest BCUT2D eigenvalue weighted by Gasteiger charge is 2.16. The van der Waals surface area contributed by atoms with E-state index in [-0.39, 0.29) is 11.9 Å². The Morgan fingerprint density at radius 2 is 2.05 bits per heavy atom. The summed E-state index contributed by atoms with van der Waals surface area (Å²) < 4.78 is 15.4. The fraction of sp³-hybridized carbons (Fsp3) is 0.533. The number of nitrogen functional groups attached to an aromatic ring is 1. The van der Waals surface area contributed by atoms with Gasteiger partial charge in [-0.25, -0.2) is 0 Å². The molecule has 0 aliphatic carbocycles. The lowest BCUT2D eigenvalue weighted by molar-refractivity contribution is -0.145. The van der Waals surface area contributed by atoms with Gasteiger partial charge >= 0.3 is 5.97 Å². The first-order chi connectivity index (χ1) is 9.65. The topological polar surface area (TPSA) is 70.8 Å². The van der Waals surface area contributed by atoms with E-state index in [0.717, 1.165) is 5.56 Å². The van der Waals surface area contributed by atoms with Crippen molar-refractivity contribution >= 4 is 11.7 Å². The number of benzene rings is 1. The maximum Gasteiger partial charge on any atom is 0.313 e. The largest absolute Gasteiger partial charge is 0.465 e. The molecule has 0 spiro atoms. The van der Waals surface area contributed by atoms with E-state index >= 15 is 0 Å². The minimum absolute atomic E-state index is 0.243. The molecule has 0 aromatic heterocycles. The molecule has 1 atom stereocenters. The van der Waals surface area contributed by atoms with E-state index in [9.17, 15) is 4.79 Å². The number of carbonyl (C=O) groups is 1. The van der Waals surface area contributed by atoms with Gasteiger partial charge in [0.25, 0.3) is 0 Å². The molecule has 0 saturated carbocycles. The SMILES string of the molecule is COCCOCCCOC(=O)C(C)c1cccc(N)c1. The molecular weight excluding hydrogens is 258 g/mol. The Morgan fingerprint density at radius 3 is 2.75 bits per heavy atom. The Hall–Kier alpha value is -1.59. The summed E-state index contributed by atoms with van der Waals surface area (Å²) in [5.41, 5.74) is 7.21. The Kier molecular flexibility index (Phi) is 7.69. The van der Waals surface area contributed by atoms with Gasteiger partial charge in [0.15, 0.2) is 0 Å². The summed E-state index contributed by atoms with van der Waals surface area (Å²) in [5, 5.41) is 0. The summed E-state index contributed by atoms with van der Waals surface area (Å²) >= 11 is 0. The van der Waals surface area contributed by atoms with Gasteiger partial charge in [0.05, 0.1) is 25.7 Å². The maximum atomic E-state index is 11.9. The molecule has 20 heavy (non-hydrogen) atoms. The Bertz CT molecular complexity index is 409. The first kappa shape index (κ1) is 16.5. The Balaban J connectivity index is 2.22. The van der Waals surface area contributed by atoms with Crippen molar-refractivity contribution in [1.29, 1.82) is 0 Å². The second kappa shape index (κ2) is 9.34. The monoisotopic (exact) mass is 281 g/mol. The van der Waals surface area contributed by atoms with Crippen LogP contribution < -0.4 is 5.73 Å². The Morgan fingerprint density at radius 1 is 1.25 bits per heavy atom. The molecule has 0 aliphatic rings. The average molecular weight is 281 g/mol. The number of esters is 1. The van der Waals surface area contributed by atoms with Crippen LogP contribution in [0.4, 0.5) is 5.69 Å². The number of rotatable bonds is 9. The minimum atomic E-state index is -0.312. The number of anilines is 1. The predicted molar refractivity (Wildman–Crippen MR) is 77.5 cm³/mol. The molecule has 2 N–H and O–H groups in total. The lowest BCUT2D eigenvalue weighted by Crippen LogP contribution is -2.15. The molecule has 0 aliphatic heterocycles. The summed E-state index contributed by atoms with van der Waals surface area (Å²) in [7, 11) is 1.63. The van der Waals surface area contributed by atoms with E-state index < -0.39 is 0 Å². The van der Waals surface area contributed by atoms with Crippen LogP contribution in [0.5, 0.6) is 0 Å². The lowest BCUT2D eigenvalue weighted by atomic mass is 10.0. The van der Waals surface area contributed by atoms with Crippen molar-refractivity contribution < 1.29 is 19.0 Å². The molecule has 5 heteroatoms. The molecule has 1 aromatic carbocycles. The summed E-state index contributed by atoms with van der Waals surface area (Å²) in [5.74, 6) is -0.555. The van der Waals surface area contributed by atoms with Crippen molar-refractivity contribution in [3.63, 3.8) is 0 Å². The number of hydrogen-bond acceptors (Lipinski definition) is 5. The second-order valence-electron chi connectivity index (χ2n) is 4.52. The number of hydrogen-bond donors (Lipinski definition) is 1. The van der Waals surface area contributed by atoms with Crippen molar-refractivity contribution in [3.8, 4) is 0 Å². The average Bonchev–Trinajstić information content (AvgIpc) is 2.45. The van der Waals surface area contributed by atoms with E-state index in [1.807, 2.05) is 19.1 Å². The zero-order chi connectivity index (χ0) is 14.8. The van der Waals surface area contributed by atoms with Crippen LogP contribution in [-0.4, -0.2) is 39.5 Å². The van der Waals surface area contributed by atoms with Gasteiger partial charge in [-0.05, 0) is 24.6 Å². The Labute approximate surface area is 120 Å². The molecule has 112 valence electrons. The molecule has 0 bridgehead atoms. The van der Waals surface area contributed by atoms with Crippen LogP contribution in [0.2, 0.25) is 0 Å². The molecular formula is C15H23NO4. The number of carbonyl (C=O) groups excluding carboxylic acids is 1. The quantitative estimate of drug-likeness (QED) is 0.426. The first-order valence-corrected chi connectivity index (χ1v) is 6.74. The van der Waals surface area contributed by atoms with Crippen molar-refractivity contribution in [2.75, 3.05) is 39.3 Å². The smallest absolute Gasteiger partial charge is 0.313 e. The fourth-order valence-corrected chi connectivity index (χ4v) is 1.67. The van der Waals surface area contributed by atoms with Crippen LogP contribution in [0.25, 0.3) is 0 Å². The molecule has 5 nitrogen and oxygen atoms in total. The van der Waals surface area contributed by atoms with Crippen LogP contribution in [-0.2, 0) is 19.0 Å². The van der Waals surface area contributed by atoms with Crippen molar-refractivity contribution in [2.45, 2.75) is 19.3 Å². The number of ether oxygens (including phenoxy) is 3. The van der Waals surface area contributed by atoms with Crippen LogP contribution in [0.1, 0.15) is 24.8 Å². The summed E-state index contributed by atoms with van der Waals surface area (Å²) in [6.45, 7) is 3.87. The van der Waals surface area contributed by atoms with E-state index in [4.69, 9.17) is 19.9 Å². The highest BCUT2D eigenvalue weighted by molar-refractivity contribution is 5.78. The molecule has 0 saturated heterocycles. The molecule has 0 radical (unpaired) electrons. The molecule has 1 unspecified atom stereocenters. The minimum Gasteiger partial charge on any atom is -0.465 e. The van der Waals surface area contributed by atoms with Gasteiger partial charge in [-0.2, -0.15) is 0 Å². The zero-order valence-electron chi connectivity index (χ0n) is 12.1. The van der Waals surface area contributed by atoms with E-state index in [2.05, 4.69) is 0 Å². The molecule has 1 aromatic rings. The normalized spacial score (nSPS) is 12.1. The summed E-state index contributed by atoms with van der Waals surface area (Å²) in [6.07, 6.45) is 0.680. The maximum absolute atomic E-state index is 11.9. The molecule has 1 rings (SSSR count). The third kappa shape index (κ3) is 6.04. The van der Waals surface area contributed by atoms with Gasteiger partial charge in [-0.3, -0.25) is 4.79 Å². The summed E-state index contributed by atoms with van der Waals surface area (Å²) in [4.78, 5) is 11.9. The van der Waals surface area contributed by atoms with Crippen LogP contribution in [0.15, 0.2) is 24.3 Å². The van der Waals surface area contributed by atoms with E-state index in [1.54, 1.807) is 19.2 Å². The lowest BCUT2D eigenvalue weighted by Gasteiger charge is -2.12. The van der Waals surface area contributed by atoms with E-state index in [0.29, 0.717) is 38.5 Å². The van der Waals surface area contributed by atoms with Gasteiger partial charge in [0.2, 0.25) is 0 Å².